The first-order chi connectivity index (χ1) is 10.0. The van der Waals surface area contributed by atoms with Gasteiger partial charge in [0.1, 0.15) is 0 Å². The van der Waals surface area contributed by atoms with Crippen LogP contribution in [0.25, 0.3) is 0 Å². The molecule has 0 rings (SSSR count). The largest absolute Gasteiger partial charge is 0.413 e. The first kappa shape index (κ1) is 22.3. The van der Waals surface area contributed by atoms with Gasteiger partial charge in [-0.2, -0.15) is 0 Å². The van der Waals surface area contributed by atoms with Crippen LogP contribution in [-0.2, 0) is 9.16 Å². The molecule has 0 atom stereocenters. The van der Waals surface area contributed by atoms with Crippen LogP contribution in [0.3, 0.4) is 0 Å². The zero-order chi connectivity index (χ0) is 17.3. The molecule has 0 aromatic heterocycles. The molecule has 0 aromatic rings. The molecule has 0 heterocycles. The molecule has 0 aromatic carbocycles. The number of ether oxygens (including phenoxy) is 1. The zero-order valence-electron chi connectivity index (χ0n) is 16.1. The predicted molar refractivity (Wildman–Crippen MR) is 102 cm³/mol. The lowest BCUT2D eigenvalue weighted by Crippen LogP contribution is -2.45. The fourth-order valence-corrected chi connectivity index (χ4v) is 10.2. The molecule has 0 saturated carbocycles. The van der Waals surface area contributed by atoms with Crippen molar-refractivity contribution in [3.63, 3.8) is 0 Å². The van der Waals surface area contributed by atoms with Crippen LogP contribution in [0.4, 0.5) is 0 Å². The average Bonchev–Trinajstić information content (AvgIpc) is 2.33. The first-order valence-electron chi connectivity index (χ1n) is 8.92. The van der Waals surface area contributed by atoms with Gasteiger partial charge in [0.2, 0.25) is 0 Å². The minimum Gasteiger partial charge on any atom is -0.413 e. The summed E-state index contributed by atoms with van der Waals surface area (Å²) in [6.07, 6.45) is 3.65. The Kier molecular flexibility index (Phi) is 10.4. The number of aliphatic hydroxyl groups is 1. The van der Waals surface area contributed by atoms with Crippen molar-refractivity contribution in [1.82, 2.24) is 0 Å². The van der Waals surface area contributed by atoms with E-state index in [-0.39, 0.29) is 12.2 Å². The van der Waals surface area contributed by atoms with Crippen LogP contribution in [0.1, 0.15) is 40.0 Å². The van der Waals surface area contributed by atoms with Crippen molar-refractivity contribution in [2.45, 2.75) is 90.0 Å². The third-order valence-electron chi connectivity index (χ3n) is 3.97. The molecule has 0 fully saturated rings. The van der Waals surface area contributed by atoms with Crippen LogP contribution < -0.4 is 0 Å². The second-order valence-electron chi connectivity index (χ2n) is 8.51. The molecular weight excluding hydrogens is 308 g/mol. The van der Waals surface area contributed by atoms with Crippen LogP contribution in [0.15, 0.2) is 0 Å². The Morgan fingerprint density at radius 3 is 2.14 bits per heavy atom. The van der Waals surface area contributed by atoms with Gasteiger partial charge in [-0.3, -0.25) is 0 Å². The van der Waals surface area contributed by atoms with Gasteiger partial charge in [0.05, 0.1) is 21.3 Å². The van der Waals surface area contributed by atoms with E-state index < -0.39 is 16.4 Å². The molecule has 3 nitrogen and oxygen atoms in total. The number of rotatable bonds is 13. The standard InChI is InChI=1S/C17H40O3Si2/c1-8-9-15-22(6,7)20-17(2,3)16-21(4,5)14-10-12-19-13-11-18/h18H,8-16H2,1-7H3. The highest BCUT2D eigenvalue weighted by atomic mass is 28.4. The van der Waals surface area contributed by atoms with E-state index in [4.69, 9.17) is 14.3 Å². The summed E-state index contributed by atoms with van der Waals surface area (Å²) < 4.78 is 12.0. The van der Waals surface area contributed by atoms with Gasteiger partial charge in [0, 0.05) is 12.2 Å². The van der Waals surface area contributed by atoms with Crippen molar-refractivity contribution < 1.29 is 14.3 Å². The molecule has 0 aliphatic carbocycles. The van der Waals surface area contributed by atoms with Crippen molar-refractivity contribution in [2.75, 3.05) is 19.8 Å². The summed E-state index contributed by atoms with van der Waals surface area (Å²) in [6.45, 7) is 17.8. The molecule has 0 amide bonds. The lowest BCUT2D eigenvalue weighted by atomic mass is 10.2. The number of unbranched alkanes of at least 4 members (excludes halogenated alkanes) is 1. The summed E-state index contributed by atoms with van der Waals surface area (Å²) in [5, 5.41) is 8.72. The van der Waals surface area contributed by atoms with Crippen molar-refractivity contribution >= 4 is 16.4 Å². The Morgan fingerprint density at radius 1 is 0.955 bits per heavy atom. The van der Waals surface area contributed by atoms with Crippen molar-refractivity contribution in [2.24, 2.45) is 0 Å². The molecule has 1 N–H and O–H groups in total. The van der Waals surface area contributed by atoms with Crippen LogP contribution in [0.5, 0.6) is 0 Å². The van der Waals surface area contributed by atoms with Crippen LogP contribution in [0.2, 0.25) is 44.3 Å². The summed E-state index contributed by atoms with van der Waals surface area (Å²) in [6, 6.07) is 3.74. The minimum absolute atomic E-state index is 0.00510. The van der Waals surface area contributed by atoms with E-state index in [1.54, 1.807) is 0 Å². The van der Waals surface area contributed by atoms with E-state index in [0.717, 1.165) is 13.0 Å². The van der Waals surface area contributed by atoms with Gasteiger partial charge in [-0.05, 0) is 45.5 Å². The molecular formula is C17H40O3Si2. The van der Waals surface area contributed by atoms with Gasteiger partial charge >= 0.3 is 0 Å². The van der Waals surface area contributed by atoms with Crippen molar-refractivity contribution in [3.05, 3.63) is 0 Å². The first-order valence-corrected chi connectivity index (χ1v) is 15.5. The molecule has 0 spiro atoms. The van der Waals surface area contributed by atoms with E-state index in [1.165, 1.54) is 31.0 Å². The van der Waals surface area contributed by atoms with Gasteiger partial charge in [0.25, 0.3) is 0 Å². The second-order valence-corrected chi connectivity index (χ2v) is 17.9. The molecule has 0 aliphatic rings. The third kappa shape index (κ3) is 11.8. The maximum absolute atomic E-state index is 8.72. The van der Waals surface area contributed by atoms with E-state index >= 15 is 0 Å². The molecule has 0 radical (unpaired) electrons. The lowest BCUT2D eigenvalue weighted by Gasteiger charge is -2.39. The molecule has 0 unspecified atom stereocenters. The normalized spacial score (nSPS) is 13.6. The summed E-state index contributed by atoms with van der Waals surface area (Å²) >= 11 is 0. The molecule has 0 saturated heterocycles. The van der Waals surface area contributed by atoms with E-state index in [9.17, 15) is 0 Å². The van der Waals surface area contributed by atoms with Gasteiger partial charge in [-0.25, -0.2) is 0 Å². The Morgan fingerprint density at radius 2 is 1.59 bits per heavy atom. The van der Waals surface area contributed by atoms with Crippen molar-refractivity contribution in [1.29, 1.82) is 0 Å². The topological polar surface area (TPSA) is 38.7 Å². The van der Waals surface area contributed by atoms with Gasteiger partial charge in [-0.1, -0.05) is 38.9 Å². The van der Waals surface area contributed by atoms with Gasteiger partial charge < -0.3 is 14.3 Å². The Hall–Kier alpha value is 0.314. The monoisotopic (exact) mass is 348 g/mol. The number of hydrogen-bond donors (Lipinski definition) is 1. The molecule has 0 bridgehead atoms. The molecule has 5 heteroatoms. The number of hydrogen-bond acceptors (Lipinski definition) is 3. The Balaban J connectivity index is 4.29. The van der Waals surface area contributed by atoms with Gasteiger partial charge in [-0.15, -0.1) is 0 Å². The summed E-state index contributed by atoms with van der Waals surface area (Å²) in [5.41, 5.74) is 0.00510. The average molecular weight is 349 g/mol. The summed E-state index contributed by atoms with van der Waals surface area (Å²) in [4.78, 5) is 0. The highest BCUT2D eigenvalue weighted by Crippen LogP contribution is 2.32. The van der Waals surface area contributed by atoms with Crippen molar-refractivity contribution in [3.8, 4) is 0 Å². The third-order valence-corrected chi connectivity index (χ3v) is 10.1. The fraction of sp³-hybridized carbons (Fsp3) is 1.00. The smallest absolute Gasteiger partial charge is 0.187 e. The predicted octanol–water partition coefficient (Wildman–Crippen LogP) is 4.89. The van der Waals surface area contributed by atoms with Gasteiger partial charge in [0.15, 0.2) is 8.32 Å². The van der Waals surface area contributed by atoms with E-state index in [0.29, 0.717) is 6.61 Å². The number of aliphatic hydroxyl groups excluding tert-OH is 1. The highest BCUT2D eigenvalue weighted by molar-refractivity contribution is 6.77. The molecule has 22 heavy (non-hydrogen) atoms. The maximum Gasteiger partial charge on any atom is 0.187 e. The van der Waals surface area contributed by atoms with Crippen LogP contribution in [0, 0.1) is 0 Å². The molecule has 134 valence electrons. The Bertz CT molecular complexity index is 292. The van der Waals surface area contributed by atoms with Crippen LogP contribution in [-0.4, -0.2) is 46.9 Å². The second kappa shape index (κ2) is 10.2. The quantitative estimate of drug-likeness (QED) is 0.380. The zero-order valence-corrected chi connectivity index (χ0v) is 18.1. The van der Waals surface area contributed by atoms with E-state index in [2.05, 4.69) is 47.0 Å². The maximum atomic E-state index is 8.72. The van der Waals surface area contributed by atoms with Crippen LogP contribution >= 0.6 is 0 Å². The van der Waals surface area contributed by atoms with E-state index in [1.807, 2.05) is 0 Å². The summed E-state index contributed by atoms with van der Waals surface area (Å²) in [7, 11) is -2.81. The fourth-order valence-electron chi connectivity index (χ4n) is 3.50. The Labute approximate surface area is 140 Å². The SMILES string of the molecule is CCCC[Si](C)(C)OC(C)(C)C[Si](C)(C)CCCOCCO. The minimum atomic E-state index is -1.54. The lowest BCUT2D eigenvalue weighted by molar-refractivity contribution is 0.0923. The summed E-state index contributed by atoms with van der Waals surface area (Å²) in [5.74, 6) is 0. The highest BCUT2D eigenvalue weighted by Gasteiger charge is 2.35. The molecule has 0 aliphatic heterocycles.